The molecule has 1 aromatic carbocycles. The number of rotatable bonds is 3. The average molecular weight is 244 g/mol. The molecule has 1 aromatic rings. The van der Waals surface area contributed by atoms with Crippen LogP contribution >= 0.6 is 0 Å². The zero-order chi connectivity index (χ0) is 13.1. The van der Waals surface area contributed by atoms with Crippen molar-refractivity contribution in [3.05, 3.63) is 34.9 Å². The van der Waals surface area contributed by atoms with E-state index in [-0.39, 0.29) is 0 Å². The monoisotopic (exact) mass is 244 g/mol. The molecule has 0 bridgehead atoms. The van der Waals surface area contributed by atoms with Gasteiger partial charge >= 0.3 is 0 Å². The Hall–Kier alpha value is -0.780. The Morgan fingerprint density at radius 3 is 2.28 bits per heavy atom. The van der Waals surface area contributed by atoms with E-state index in [4.69, 9.17) is 0 Å². The van der Waals surface area contributed by atoms with E-state index in [0.717, 1.165) is 17.8 Å². The molecule has 1 aliphatic rings. The third-order valence-corrected chi connectivity index (χ3v) is 4.84. The molecule has 0 saturated heterocycles. The number of aryl methyl sites for hydroxylation is 2. The van der Waals surface area contributed by atoms with Gasteiger partial charge in [0.05, 0.1) is 0 Å². The summed E-state index contributed by atoms with van der Waals surface area (Å²) >= 11 is 0. The van der Waals surface area contributed by atoms with Crippen LogP contribution in [0.3, 0.4) is 0 Å². The molecule has 0 unspecified atom stereocenters. The molecule has 0 spiro atoms. The van der Waals surface area contributed by atoms with Crippen LogP contribution in [-0.4, -0.2) is 0 Å². The summed E-state index contributed by atoms with van der Waals surface area (Å²) in [6.07, 6.45) is 7.09. The second kappa shape index (κ2) is 5.91. The fraction of sp³-hybridized carbons (Fsp3) is 0.667. The first kappa shape index (κ1) is 13.6. The smallest absolute Gasteiger partial charge is 0.0248 e. The minimum absolute atomic E-state index is 0.882. The second-order valence-electron chi connectivity index (χ2n) is 6.66. The molecular weight excluding hydrogens is 216 g/mol. The van der Waals surface area contributed by atoms with Gasteiger partial charge in [0, 0.05) is 0 Å². The second-order valence-corrected chi connectivity index (χ2v) is 6.66. The molecule has 0 heteroatoms. The molecule has 0 aromatic heterocycles. The van der Waals surface area contributed by atoms with Gasteiger partial charge in [-0.2, -0.15) is 0 Å². The van der Waals surface area contributed by atoms with E-state index in [2.05, 4.69) is 45.9 Å². The lowest BCUT2D eigenvalue weighted by atomic mass is 9.75. The largest absolute Gasteiger partial charge is 0.0625 e. The molecule has 1 saturated carbocycles. The van der Waals surface area contributed by atoms with Crippen LogP contribution in [0.1, 0.15) is 56.2 Å². The average Bonchev–Trinajstić information content (AvgIpc) is 2.33. The fourth-order valence-electron chi connectivity index (χ4n) is 3.44. The SMILES string of the molecule is Cc1ccc(CC2CCC(C(C)C)CC2)c(C)c1. The van der Waals surface area contributed by atoms with E-state index in [0.29, 0.717) is 0 Å². The Morgan fingerprint density at radius 1 is 1.06 bits per heavy atom. The summed E-state index contributed by atoms with van der Waals surface area (Å²) in [5.74, 6) is 2.80. The Bertz CT molecular complexity index is 381. The summed E-state index contributed by atoms with van der Waals surface area (Å²) < 4.78 is 0. The Kier molecular flexibility index (Phi) is 4.48. The summed E-state index contributed by atoms with van der Waals surface area (Å²) in [4.78, 5) is 0. The summed E-state index contributed by atoms with van der Waals surface area (Å²) in [5, 5.41) is 0. The van der Waals surface area contributed by atoms with E-state index >= 15 is 0 Å². The van der Waals surface area contributed by atoms with Crippen LogP contribution in [0, 0.1) is 31.6 Å². The van der Waals surface area contributed by atoms with Crippen molar-refractivity contribution >= 4 is 0 Å². The van der Waals surface area contributed by atoms with Crippen LogP contribution in [0.25, 0.3) is 0 Å². The van der Waals surface area contributed by atoms with Crippen LogP contribution < -0.4 is 0 Å². The third-order valence-electron chi connectivity index (χ3n) is 4.84. The van der Waals surface area contributed by atoms with Gasteiger partial charge in [-0.3, -0.25) is 0 Å². The maximum absolute atomic E-state index is 2.38. The molecule has 0 aliphatic heterocycles. The van der Waals surface area contributed by atoms with E-state index in [1.54, 1.807) is 5.56 Å². The van der Waals surface area contributed by atoms with Gasteiger partial charge in [-0.15, -0.1) is 0 Å². The van der Waals surface area contributed by atoms with Gasteiger partial charge in [-0.05, 0) is 74.8 Å². The van der Waals surface area contributed by atoms with E-state index in [9.17, 15) is 0 Å². The van der Waals surface area contributed by atoms with Gasteiger partial charge in [0.25, 0.3) is 0 Å². The Balaban J connectivity index is 1.91. The normalized spacial score (nSPS) is 24.5. The highest BCUT2D eigenvalue weighted by Crippen LogP contribution is 2.35. The van der Waals surface area contributed by atoms with Crippen molar-refractivity contribution in [2.75, 3.05) is 0 Å². The van der Waals surface area contributed by atoms with Crippen molar-refractivity contribution < 1.29 is 0 Å². The Labute approximate surface area is 113 Å². The van der Waals surface area contributed by atoms with Crippen LogP contribution in [0.4, 0.5) is 0 Å². The number of benzene rings is 1. The molecule has 0 radical (unpaired) electrons. The maximum Gasteiger partial charge on any atom is -0.0248 e. The summed E-state index contributed by atoms with van der Waals surface area (Å²) in [7, 11) is 0. The molecule has 0 atom stereocenters. The van der Waals surface area contributed by atoms with Gasteiger partial charge in [0.1, 0.15) is 0 Å². The van der Waals surface area contributed by atoms with Crippen molar-refractivity contribution in [1.82, 2.24) is 0 Å². The van der Waals surface area contributed by atoms with Crippen LogP contribution in [0.5, 0.6) is 0 Å². The van der Waals surface area contributed by atoms with Crippen LogP contribution in [0.15, 0.2) is 18.2 Å². The molecular formula is C18H28. The first-order valence-corrected chi connectivity index (χ1v) is 7.62. The summed E-state index contributed by atoms with van der Waals surface area (Å²) in [5.41, 5.74) is 4.45. The lowest BCUT2D eigenvalue weighted by Gasteiger charge is -2.31. The van der Waals surface area contributed by atoms with E-state index < -0.39 is 0 Å². The molecule has 2 rings (SSSR count). The predicted octanol–water partition coefficient (Wildman–Crippen LogP) is 5.31. The Morgan fingerprint density at radius 2 is 1.72 bits per heavy atom. The number of hydrogen-bond donors (Lipinski definition) is 0. The number of hydrogen-bond acceptors (Lipinski definition) is 0. The first-order chi connectivity index (χ1) is 8.56. The molecule has 100 valence electrons. The molecule has 0 nitrogen and oxygen atoms in total. The molecule has 0 heterocycles. The van der Waals surface area contributed by atoms with Gasteiger partial charge in [-0.1, -0.05) is 37.6 Å². The van der Waals surface area contributed by atoms with Gasteiger partial charge in [0.2, 0.25) is 0 Å². The zero-order valence-corrected chi connectivity index (χ0v) is 12.5. The van der Waals surface area contributed by atoms with E-state index in [1.165, 1.54) is 43.2 Å². The van der Waals surface area contributed by atoms with Crippen molar-refractivity contribution in [1.29, 1.82) is 0 Å². The summed E-state index contributed by atoms with van der Waals surface area (Å²) in [6.45, 7) is 9.22. The lowest BCUT2D eigenvalue weighted by Crippen LogP contribution is -2.20. The van der Waals surface area contributed by atoms with Crippen LogP contribution in [0.2, 0.25) is 0 Å². The maximum atomic E-state index is 2.38. The van der Waals surface area contributed by atoms with Crippen molar-refractivity contribution in [2.24, 2.45) is 17.8 Å². The molecule has 18 heavy (non-hydrogen) atoms. The predicted molar refractivity (Wildman–Crippen MR) is 79.9 cm³/mol. The zero-order valence-electron chi connectivity index (χ0n) is 12.5. The molecule has 1 fully saturated rings. The lowest BCUT2D eigenvalue weighted by molar-refractivity contribution is 0.223. The highest BCUT2D eigenvalue weighted by Gasteiger charge is 2.23. The highest BCUT2D eigenvalue weighted by molar-refractivity contribution is 5.30. The molecule has 0 N–H and O–H groups in total. The van der Waals surface area contributed by atoms with Gasteiger partial charge in [0.15, 0.2) is 0 Å². The van der Waals surface area contributed by atoms with Crippen molar-refractivity contribution in [3.63, 3.8) is 0 Å². The summed E-state index contributed by atoms with van der Waals surface area (Å²) in [6, 6.07) is 6.94. The minimum atomic E-state index is 0.882. The molecule has 0 amide bonds. The van der Waals surface area contributed by atoms with Crippen LogP contribution in [-0.2, 0) is 6.42 Å². The standard InChI is InChI=1S/C18H28/c1-13(2)17-9-6-16(7-10-17)12-18-8-5-14(3)11-15(18)4/h5,8,11,13,16-17H,6-7,9-10,12H2,1-4H3. The van der Waals surface area contributed by atoms with Gasteiger partial charge in [-0.25, -0.2) is 0 Å². The topological polar surface area (TPSA) is 0 Å². The van der Waals surface area contributed by atoms with Crippen molar-refractivity contribution in [3.8, 4) is 0 Å². The quantitative estimate of drug-likeness (QED) is 0.676. The third kappa shape index (κ3) is 3.37. The fourth-order valence-corrected chi connectivity index (χ4v) is 3.44. The minimum Gasteiger partial charge on any atom is -0.0625 e. The van der Waals surface area contributed by atoms with Gasteiger partial charge < -0.3 is 0 Å². The molecule has 1 aliphatic carbocycles. The highest BCUT2D eigenvalue weighted by atomic mass is 14.3. The first-order valence-electron chi connectivity index (χ1n) is 7.62. The van der Waals surface area contributed by atoms with E-state index in [1.807, 2.05) is 0 Å². The van der Waals surface area contributed by atoms with Crippen molar-refractivity contribution in [2.45, 2.75) is 59.8 Å².